The highest BCUT2D eigenvalue weighted by Crippen LogP contribution is 2.20. The minimum Gasteiger partial charge on any atom is -0.463 e. The van der Waals surface area contributed by atoms with Gasteiger partial charge in [-0.25, -0.2) is 4.79 Å². The molecule has 1 amide bonds. The first-order valence-corrected chi connectivity index (χ1v) is 4.88. The molecule has 13 heavy (non-hydrogen) atoms. The number of esters is 1. The normalized spacial score (nSPS) is 16.1. The van der Waals surface area contributed by atoms with Crippen LogP contribution in [0.25, 0.3) is 0 Å². The Hall–Kier alpha value is -0.970. The maximum absolute atomic E-state index is 10.8. The van der Waals surface area contributed by atoms with Gasteiger partial charge in [0.25, 0.3) is 0 Å². The van der Waals surface area contributed by atoms with E-state index in [-0.39, 0.29) is 11.9 Å². The zero-order valence-corrected chi connectivity index (χ0v) is 8.17. The van der Waals surface area contributed by atoms with Crippen molar-refractivity contribution in [3.63, 3.8) is 0 Å². The quantitative estimate of drug-likeness (QED) is 0.294. The number of carbonyl (C=O) groups is 2. The predicted molar refractivity (Wildman–Crippen MR) is 49.7 cm³/mol. The zero-order chi connectivity index (χ0) is 9.68. The lowest BCUT2D eigenvalue weighted by atomic mass is 10.3. The van der Waals surface area contributed by atoms with E-state index in [1.54, 1.807) is 16.6 Å². The van der Waals surface area contributed by atoms with Crippen LogP contribution >= 0.6 is 11.9 Å². The monoisotopic (exact) mass is 201 g/mol. The van der Waals surface area contributed by atoms with Crippen LogP contribution < -0.4 is 0 Å². The first kappa shape index (κ1) is 10.1. The summed E-state index contributed by atoms with van der Waals surface area (Å²) in [6.45, 7) is 2.88. The van der Waals surface area contributed by atoms with Gasteiger partial charge >= 0.3 is 5.97 Å². The van der Waals surface area contributed by atoms with Crippen molar-refractivity contribution in [3.05, 3.63) is 11.5 Å². The van der Waals surface area contributed by atoms with E-state index in [0.717, 1.165) is 6.54 Å². The molecule has 0 atom stereocenters. The van der Waals surface area contributed by atoms with Crippen molar-refractivity contribution in [1.82, 2.24) is 4.31 Å². The van der Waals surface area contributed by atoms with Crippen LogP contribution in [0, 0.1) is 0 Å². The van der Waals surface area contributed by atoms with Crippen LogP contribution in [0.2, 0.25) is 0 Å². The number of hydrogen-bond acceptors (Lipinski definition) is 4. The van der Waals surface area contributed by atoms with E-state index in [4.69, 9.17) is 0 Å². The summed E-state index contributed by atoms with van der Waals surface area (Å²) in [6, 6.07) is 0. The lowest BCUT2D eigenvalue weighted by Gasteiger charge is -2.27. The number of ether oxygens (including phenoxy) is 1. The average molecular weight is 201 g/mol. The fourth-order valence-electron chi connectivity index (χ4n) is 0.756. The second-order valence-electron chi connectivity index (χ2n) is 2.41. The predicted octanol–water partition coefficient (Wildman–Crippen LogP) is 0.944. The van der Waals surface area contributed by atoms with Crippen LogP contribution in [0.4, 0.5) is 0 Å². The topological polar surface area (TPSA) is 46.6 Å². The van der Waals surface area contributed by atoms with Gasteiger partial charge in [0.05, 0.1) is 6.61 Å². The second kappa shape index (κ2) is 4.91. The van der Waals surface area contributed by atoms with Crippen LogP contribution in [0.3, 0.4) is 0 Å². The summed E-state index contributed by atoms with van der Waals surface area (Å²) in [6.07, 6.45) is 1.93. The molecule has 1 fully saturated rings. The standard InChI is InChI=1S/C8H11NO3S/c1-2-12-8(11)4-6-13-9-5-3-7(9)10/h4,6H,2-3,5H2,1H3. The van der Waals surface area contributed by atoms with Crippen LogP contribution in [0.5, 0.6) is 0 Å². The average Bonchev–Trinajstić information content (AvgIpc) is 2.10. The van der Waals surface area contributed by atoms with E-state index >= 15 is 0 Å². The van der Waals surface area contributed by atoms with Crippen LogP contribution in [-0.2, 0) is 14.3 Å². The minimum atomic E-state index is -0.372. The Labute approximate surface area is 81.1 Å². The van der Waals surface area contributed by atoms with Gasteiger partial charge in [0.15, 0.2) is 0 Å². The fourth-order valence-corrected chi connectivity index (χ4v) is 1.48. The molecule has 0 aromatic rings. The number of rotatable bonds is 4. The van der Waals surface area contributed by atoms with E-state index in [1.807, 2.05) is 0 Å². The highest BCUT2D eigenvalue weighted by Gasteiger charge is 2.23. The van der Waals surface area contributed by atoms with E-state index in [9.17, 15) is 9.59 Å². The van der Waals surface area contributed by atoms with E-state index in [1.165, 1.54) is 18.0 Å². The molecule has 0 radical (unpaired) electrons. The summed E-state index contributed by atoms with van der Waals surface area (Å²) < 4.78 is 6.25. The molecule has 72 valence electrons. The zero-order valence-electron chi connectivity index (χ0n) is 7.36. The van der Waals surface area contributed by atoms with Gasteiger partial charge in [0, 0.05) is 19.0 Å². The summed E-state index contributed by atoms with van der Waals surface area (Å²) in [4.78, 5) is 21.6. The fraction of sp³-hybridized carbons (Fsp3) is 0.500. The van der Waals surface area contributed by atoms with E-state index in [0.29, 0.717) is 13.0 Å². The van der Waals surface area contributed by atoms with Gasteiger partial charge in [0.2, 0.25) is 5.91 Å². The molecule has 0 aliphatic carbocycles. The summed E-state index contributed by atoms with van der Waals surface area (Å²) in [5.41, 5.74) is 0. The molecule has 0 bridgehead atoms. The lowest BCUT2D eigenvalue weighted by Crippen LogP contribution is -2.37. The highest BCUT2D eigenvalue weighted by molar-refractivity contribution is 8.00. The molecule has 4 nitrogen and oxygen atoms in total. The van der Waals surface area contributed by atoms with Crippen molar-refractivity contribution >= 4 is 23.8 Å². The first-order valence-electron chi connectivity index (χ1n) is 4.04. The summed E-state index contributed by atoms with van der Waals surface area (Å²) >= 11 is 1.23. The third-order valence-corrected chi connectivity index (χ3v) is 2.38. The third kappa shape index (κ3) is 3.10. The lowest BCUT2D eigenvalue weighted by molar-refractivity contribution is -0.137. The largest absolute Gasteiger partial charge is 0.463 e. The molecule has 0 spiro atoms. The van der Waals surface area contributed by atoms with Gasteiger partial charge < -0.3 is 4.74 Å². The van der Waals surface area contributed by atoms with Crippen molar-refractivity contribution in [1.29, 1.82) is 0 Å². The van der Waals surface area contributed by atoms with Gasteiger partial charge in [0.1, 0.15) is 0 Å². The Morgan fingerprint density at radius 2 is 2.54 bits per heavy atom. The molecule has 0 unspecified atom stereocenters. The Balaban J connectivity index is 2.17. The molecule has 1 aliphatic heterocycles. The highest BCUT2D eigenvalue weighted by atomic mass is 32.2. The third-order valence-electron chi connectivity index (χ3n) is 1.49. The molecule has 5 heteroatoms. The van der Waals surface area contributed by atoms with Crippen LogP contribution in [0.15, 0.2) is 11.5 Å². The minimum absolute atomic E-state index is 0.110. The maximum atomic E-state index is 10.8. The SMILES string of the molecule is CCOC(=O)C=CSN1CCC1=O. The van der Waals surface area contributed by atoms with Gasteiger partial charge in [-0.3, -0.25) is 9.10 Å². The summed E-state index contributed by atoms with van der Waals surface area (Å²) in [7, 11) is 0. The molecule has 0 N–H and O–H groups in total. The molecule has 0 aromatic heterocycles. The summed E-state index contributed by atoms with van der Waals surface area (Å²) in [5.74, 6) is -0.263. The number of nitrogens with zero attached hydrogens (tertiary/aromatic N) is 1. The summed E-state index contributed by atoms with van der Waals surface area (Å²) in [5, 5.41) is 1.56. The number of β-lactam (4-membered cyclic amide) rings is 1. The molecule has 1 heterocycles. The molecular weight excluding hydrogens is 190 g/mol. The molecule has 1 rings (SSSR count). The van der Waals surface area contributed by atoms with Crippen LogP contribution in [-0.4, -0.2) is 29.3 Å². The molecule has 1 aliphatic rings. The van der Waals surface area contributed by atoms with Crippen molar-refractivity contribution in [2.75, 3.05) is 13.2 Å². The number of carbonyl (C=O) groups excluding carboxylic acids is 2. The van der Waals surface area contributed by atoms with Gasteiger partial charge in [-0.2, -0.15) is 0 Å². The Bertz CT molecular complexity index is 240. The Kier molecular flexibility index (Phi) is 3.82. The van der Waals surface area contributed by atoms with Crippen molar-refractivity contribution in [3.8, 4) is 0 Å². The van der Waals surface area contributed by atoms with Gasteiger partial charge in [-0.15, -0.1) is 0 Å². The molecule has 0 aromatic carbocycles. The molecule has 1 saturated heterocycles. The van der Waals surface area contributed by atoms with Crippen molar-refractivity contribution in [2.24, 2.45) is 0 Å². The van der Waals surface area contributed by atoms with E-state index in [2.05, 4.69) is 4.74 Å². The second-order valence-corrected chi connectivity index (χ2v) is 3.33. The first-order chi connectivity index (χ1) is 6.24. The Morgan fingerprint density at radius 3 is 3.00 bits per heavy atom. The van der Waals surface area contributed by atoms with E-state index < -0.39 is 0 Å². The smallest absolute Gasteiger partial charge is 0.331 e. The van der Waals surface area contributed by atoms with Crippen molar-refractivity contribution < 1.29 is 14.3 Å². The maximum Gasteiger partial charge on any atom is 0.331 e. The number of amides is 1. The number of hydrogen-bond donors (Lipinski definition) is 0. The van der Waals surface area contributed by atoms with Gasteiger partial charge in [-0.1, -0.05) is 0 Å². The van der Waals surface area contributed by atoms with Gasteiger partial charge in [-0.05, 0) is 24.3 Å². The van der Waals surface area contributed by atoms with Crippen LogP contribution in [0.1, 0.15) is 13.3 Å². The Morgan fingerprint density at radius 1 is 1.77 bits per heavy atom. The molecular formula is C8H11NO3S. The molecule has 0 saturated carbocycles. The van der Waals surface area contributed by atoms with Crippen molar-refractivity contribution in [2.45, 2.75) is 13.3 Å².